The largest absolute Gasteiger partial charge is 0.346 e. The molecule has 2 fully saturated rings. The highest BCUT2D eigenvalue weighted by atomic mass is 35.5. The summed E-state index contributed by atoms with van der Waals surface area (Å²) in [7, 11) is 1.75. The van der Waals surface area contributed by atoms with Crippen molar-refractivity contribution in [3.63, 3.8) is 0 Å². The van der Waals surface area contributed by atoms with Gasteiger partial charge in [0.25, 0.3) is 5.91 Å². The molecule has 4 nitrogen and oxygen atoms in total. The van der Waals surface area contributed by atoms with Gasteiger partial charge in [0.05, 0.1) is 11.8 Å². The second kappa shape index (κ2) is 5.64. The summed E-state index contributed by atoms with van der Waals surface area (Å²) >= 11 is 6.15. The zero-order valence-electron chi connectivity index (χ0n) is 12.9. The van der Waals surface area contributed by atoms with Crippen molar-refractivity contribution in [3.8, 4) is 0 Å². The van der Waals surface area contributed by atoms with Crippen molar-refractivity contribution in [2.75, 3.05) is 0 Å². The normalized spacial score (nSPS) is 32.0. The number of rotatable bonds is 3. The van der Waals surface area contributed by atoms with Crippen molar-refractivity contribution < 1.29 is 4.79 Å². The summed E-state index contributed by atoms with van der Waals surface area (Å²) in [6.07, 6.45) is 10.1. The van der Waals surface area contributed by atoms with Crippen LogP contribution in [0.15, 0.2) is 6.20 Å². The van der Waals surface area contributed by atoms with Crippen molar-refractivity contribution in [2.45, 2.75) is 57.4 Å². The lowest BCUT2D eigenvalue weighted by Crippen LogP contribution is -2.53. The molecule has 1 aromatic rings. The summed E-state index contributed by atoms with van der Waals surface area (Å²) in [4.78, 5) is 12.6. The number of hydrogen-bond donors (Lipinski definition) is 1. The molecule has 2 atom stereocenters. The summed E-state index contributed by atoms with van der Waals surface area (Å²) in [6.45, 7) is 2.19. The third-order valence-corrected chi connectivity index (χ3v) is 5.86. The van der Waals surface area contributed by atoms with Gasteiger partial charge in [-0.3, -0.25) is 9.48 Å². The van der Waals surface area contributed by atoms with Gasteiger partial charge < -0.3 is 5.32 Å². The number of carbonyl (C=O) groups excluding carboxylic acids is 1. The van der Waals surface area contributed by atoms with Crippen LogP contribution in [-0.2, 0) is 7.05 Å². The van der Waals surface area contributed by atoms with E-state index in [1.54, 1.807) is 13.2 Å². The van der Waals surface area contributed by atoms with Gasteiger partial charge in [-0.25, -0.2) is 0 Å². The smallest absolute Gasteiger partial charge is 0.256 e. The summed E-state index contributed by atoms with van der Waals surface area (Å²) in [5.74, 6) is 1.49. The van der Waals surface area contributed by atoms with Crippen LogP contribution in [0.1, 0.15) is 62.2 Å². The van der Waals surface area contributed by atoms with E-state index in [-0.39, 0.29) is 11.4 Å². The van der Waals surface area contributed by atoms with Gasteiger partial charge in [0.2, 0.25) is 0 Å². The molecule has 0 aromatic carbocycles. The van der Waals surface area contributed by atoms with E-state index >= 15 is 0 Å². The van der Waals surface area contributed by atoms with Crippen LogP contribution in [0.4, 0.5) is 0 Å². The molecule has 2 saturated carbocycles. The molecule has 1 heterocycles. The zero-order chi connectivity index (χ0) is 15.0. The minimum atomic E-state index is -0.0741. The Bertz CT molecular complexity index is 528. The SMILES string of the molecule is CCC1(NC(=O)c2cnn(C)c2Cl)CC2CCCC(C2)C1. The molecule has 21 heavy (non-hydrogen) atoms. The third kappa shape index (κ3) is 2.83. The Balaban J connectivity index is 1.77. The van der Waals surface area contributed by atoms with Crippen molar-refractivity contribution in [3.05, 3.63) is 16.9 Å². The van der Waals surface area contributed by atoms with Gasteiger partial charge in [0.15, 0.2) is 0 Å². The van der Waals surface area contributed by atoms with Crippen molar-refractivity contribution in [1.29, 1.82) is 0 Å². The number of amides is 1. The maximum Gasteiger partial charge on any atom is 0.256 e. The van der Waals surface area contributed by atoms with Gasteiger partial charge in [0.1, 0.15) is 5.15 Å². The molecule has 0 radical (unpaired) electrons. The molecule has 1 N–H and O–H groups in total. The van der Waals surface area contributed by atoms with Gasteiger partial charge >= 0.3 is 0 Å². The summed E-state index contributed by atoms with van der Waals surface area (Å²) in [5.41, 5.74) is 0.437. The molecule has 0 aliphatic heterocycles. The summed E-state index contributed by atoms with van der Waals surface area (Å²) in [6, 6.07) is 0. The predicted octanol–water partition coefficient (Wildman–Crippen LogP) is 3.55. The van der Waals surface area contributed by atoms with E-state index in [1.807, 2.05) is 0 Å². The average molecular weight is 310 g/mol. The first-order valence-electron chi connectivity index (χ1n) is 8.03. The Morgan fingerprint density at radius 2 is 2.14 bits per heavy atom. The molecule has 0 spiro atoms. The predicted molar refractivity (Wildman–Crippen MR) is 83.4 cm³/mol. The number of hydrogen-bond acceptors (Lipinski definition) is 2. The van der Waals surface area contributed by atoms with Crippen molar-refractivity contribution in [2.24, 2.45) is 18.9 Å². The number of nitrogens with one attached hydrogen (secondary N) is 1. The number of aromatic nitrogens is 2. The van der Waals surface area contributed by atoms with E-state index in [1.165, 1.54) is 30.4 Å². The van der Waals surface area contributed by atoms with Crippen LogP contribution in [0.25, 0.3) is 0 Å². The second-order valence-electron chi connectivity index (χ2n) is 6.87. The highest BCUT2D eigenvalue weighted by Gasteiger charge is 2.42. The van der Waals surface area contributed by atoms with Gasteiger partial charge in [-0.05, 0) is 37.5 Å². The standard InChI is InChI=1S/C16H24ClN3O/c1-3-16(8-11-5-4-6-12(7-11)9-16)19-15(21)13-10-18-20(2)14(13)17/h10-12H,3-9H2,1-2H3,(H,19,21). The summed E-state index contributed by atoms with van der Waals surface area (Å²) in [5, 5.41) is 7.78. The van der Waals surface area contributed by atoms with Crippen LogP contribution >= 0.6 is 11.6 Å². The lowest BCUT2D eigenvalue weighted by molar-refractivity contribution is 0.0654. The third-order valence-electron chi connectivity index (χ3n) is 5.42. The zero-order valence-corrected chi connectivity index (χ0v) is 13.6. The molecule has 2 bridgehead atoms. The van der Waals surface area contributed by atoms with Crippen LogP contribution in [0.2, 0.25) is 5.15 Å². The van der Waals surface area contributed by atoms with Crippen LogP contribution in [0, 0.1) is 11.8 Å². The van der Waals surface area contributed by atoms with E-state index < -0.39 is 0 Å². The Labute approximate surface area is 131 Å². The fourth-order valence-electron chi connectivity index (χ4n) is 4.32. The Morgan fingerprint density at radius 1 is 1.48 bits per heavy atom. The second-order valence-corrected chi connectivity index (χ2v) is 7.23. The first kappa shape index (κ1) is 14.9. The molecule has 0 saturated heterocycles. The molecule has 2 aliphatic rings. The fourth-order valence-corrected chi connectivity index (χ4v) is 4.50. The van der Waals surface area contributed by atoms with Gasteiger partial charge in [0, 0.05) is 12.6 Å². The minimum Gasteiger partial charge on any atom is -0.346 e. The molecule has 5 heteroatoms. The van der Waals surface area contributed by atoms with Crippen molar-refractivity contribution >= 4 is 17.5 Å². The van der Waals surface area contributed by atoms with Crippen LogP contribution in [0.3, 0.4) is 0 Å². The lowest BCUT2D eigenvalue weighted by Gasteiger charge is -2.47. The van der Waals surface area contributed by atoms with Crippen LogP contribution < -0.4 is 5.32 Å². The Morgan fingerprint density at radius 3 is 2.67 bits per heavy atom. The monoisotopic (exact) mass is 309 g/mol. The van der Waals surface area contributed by atoms with Crippen molar-refractivity contribution in [1.82, 2.24) is 15.1 Å². The molecule has 2 aliphatic carbocycles. The maximum atomic E-state index is 12.6. The van der Waals surface area contributed by atoms with E-state index in [2.05, 4.69) is 17.3 Å². The Kier molecular flexibility index (Phi) is 4.00. The quantitative estimate of drug-likeness (QED) is 0.928. The topological polar surface area (TPSA) is 46.9 Å². The minimum absolute atomic E-state index is 0.0513. The van der Waals surface area contributed by atoms with Crippen LogP contribution in [0.5, 0.6) is 0 Å². The number of carbonyl (C=O) groups is 1. The number of nitrogens with zero attached hydrogens (tertiary/aromatic N) is 2. The first-order valence-corrected chi connectivity index (χ1v) is 8.41. The van der Waals surface area contributed by atoms with E-state index in [0.29, 0.717) is 10.7 Å². The lowest BCUT2D eigenvalue weighted by atomic mass is 9.64. The summed E-state index contributed by atoms with van der Waals surface area (Å²) < 4.78 is 1.53. The molecule has 116 valence electrons. The van der Waals surface area contributed by atoms with Gasteiger partial charge in [-0.1, -0.05) is 37.8 Å². The number of aryl methyl sites for hydroxylation is 1. The average Bonchev–Trinajstić information content (AvgIpc) is 2.78. The highest BCUT2D eigenvalue weighted by molar-refractivity contribution is 6.32. The molecule has 2 unspecified atom stereocenters. The number of fused-ring (bicyclic) bond motifs is 2. The van der Waals surface area contributed by atoms with E-state index in [9.17, 15) is 4.79 Å². The first-order chi connectivity index (χ1) is 10.0. The molecular formula is C16H24ClN3O. The molecule has 1 aromatic heterocycles. The fraction of sp³-hybridized carbons (Fsp3) is 0.750. The highest BCUT2D eigenvalue weighted by Crippen LogP contribution is 2.45. The van der Waals surface area contributed by atoms with E-state index in [4.69, 9.17) is 11.6 Å². The maximum absolute atomic E-state index is 12.6. The van der Waals surface area contributed by atoms with Gasteiger partial charge in [-0.15, -0.1) is 0 Å². The van der Waals surface area contributed by atoms with Crippen LogP contribution in [-0.4, -0.2) is 21.2 Å². The molecular weight excluding hydrogens is 286 g/mol. The van der Waals surface area contributed by atoms with E-state index in [0.717, 1.165) is 31.1 Å². The molecule has 1 amide bonds. The van der Waals surface area contributed by atoms with Gasteiger partial charge in [-0.2, -0.15) is 5.10 Å². The Hall–Kier alpha value is -1.03. The number of halogens is 1. The molecule has 3 rings (SSSR count).